The summed E-state index contributed by atoms with van der Waals surface area (Å²) in [5.41, 5.74) is 0.304. The molecule has 0 aromatic carbocycles. The SMILES string of the molecule is CCCN(CC(=O)N(C)C)S(=O)(=O)c1sc(=O)[nH]c1C. The quantitative estimate of drug-likeness (QED) is 0.812. The third-order valence-electron chi connectivity index (χ3n) is 2.64. The second kappa shape index (κ2) is 6.51. The van der Waals surface area contributed by atoms with E-state index in [0.717, 1.165) is 4.31 Å². The molecular weight excluding hydrogens is 302 g/mol. The maximum atomic E-state index is 12.5. The van der Waals surface area contributed by atoms with Crippen LogP contribution in [0.1, 0.15) is 19.0 Å². The summed E-state index contributed by atoms with van der Waals surface area (Å²) in [6.45, 7) is 3.36. The molecule has 0 unspecified atom stereocenters. The molecule has 0 fully saturated rings. The Kier molecular flexibility index (Phi) is 5.49. The molecule has 20 heavy (non-hydrogen) atoms. The Labute approximate surface area is 122 Å². The van der Waals surface area contributed by atoms with Gasteiger partial charge in [-0.1, -0.05) is 18.3 Å². The summed E-state index contributed by atoms with van der Waals surface area (Å²) < 4.78 is 26.1. The van der Waals surface area contributed by atoms with Crippen LogP contribution in [0.25, 0.3) is 0 Å². The number of carbonyl (C=O) groups excluding carboxylic acids is 1. The standard InChI is InChI=1S/C11H19N3O4S2/c1-5-6-14(7-9(15)13(3)4)20(17,18)10-8(2)12-11(16)19-10/h5-7H2,1-4H3,(H,12,16). The molecule has 1 aromatic heterocycles. The summed E-state index contributed by atoms with van der Waals surface area (Å²) >= 11 is 0.645. The first-order valence-corrected chi connectivity index (χ1v) is 8.35. The maximum absolute atomic E-state index is 12.5. The fraction of sp³-hybridized carbons (Fsp3) is 0.636. The van der Waals surface area contributed by atoms with Crippen LogP contribution in [0.3, 0.4) is 0 Å². The number of H-pyrrole nitrogens is 1. The number of nitrogens with one attached hydrogen (secondary N) is 1. The zero-order valence-corrected chi connectivity index (χ0v) is 13.6. The van der Waals surface area contributed by atoms with Gasteiger partial charge in [0.2, 0.25) is 5.91 Å². The van der Waals surface area contributed by atoms with Crippen molar-refractivity contribution in [1.82, 2.24) is 14.2 Å². The lowest BCUT2D eigenvalue weighted by atomic mass is 10.4. The molecule has 9 heteroatoms. The van der Waals surface area contributed by atoms with Gasteiger partial charge in [-0.05, 0) is 13.3 Å². The first kappa shape index (κ1) is 16.9. The molecule has 0 bridgehead atoms. The fourth-order valence-electron chi connectivity index (χ4n) is 1.58. The monoisotopic (exact) mass is 321 g/mol. The van der Waals surface area contributed by atoms with Crippen molar-refractivity contribution in [3.63, 3.8) is 0 Å². The molecule has 0 saturated carbocycles. The largest absolute Gasteiger partial charge is 0.348 e. The second-order valence-electron chi connectivity index (χ2n) is 4.55. The minimum atomic E-state index is -3.83. The predicted octanol–water partition coefficient (Wildman–Crippen LogP) is 0.234. The lowest BCUT2D eigenvalue weighted by Gasteiger charge is -2.22. The van der Waals surface area contributed by atoms with Crippen LogP contribution in [0, 0.1) is 6.92 Å². The lowest BCUT2D eigenvalue weighted by Crippen LogP contribution is -2.40. The fourth-order valence-corrected chi connectivity index (χ4v) is 4.50. The smallest absolute Gasteiger partial charge is 0.305 e. The van der Waals surface area contributed by atoms with E-state index in [-0.39, 0.29) is 23.2 Å². The van der Waals surface area contributed by atoms with Crippen molar-refractivity contribution < 1.29 is 13.2 Å². The van der Waals surface area contributed by atoms with E-state index in [2.05, 4.69) is 4.98 Å². The van der Waals surface area contributed by atoms with E-state index in [1.54, 1.807) is 14.1 Å². The summed E-state index contributed by atoms with van der Waals surface area (Å²) in [7, 11) is -0.692. The van der Waals surface area contributed by atoms with Gasteiger partial charge < -0.3 is 9.88 Å². The number of nitrogens with zero attached hydrogens (tertiary/aromatic N) is 2. The molecule has 1 amide bonds. The van der Waals surface area contributed by atoms with E-state index >= 15 is 0 Å². The molecule has 0 aliphatic rings. The van der Waals surface area contributed by atoms with Crippen molar-refractivity contribution in [2.24, 2.45) is 0 Å². The van der Waals surface area contributed by atoms with Crippen molar-refractivity contribution >= 4 is 27.3 Å². The number of thiazole rings is 1. The summed E-state index contributed by atoms with van der Waals surface area (Å²) in [5, 5.41) is 0. The van der Waals surface area contributed by atoms with Gasteiger partial charge in [0.05, 0.1) is 6.54 Å². The zero-order chi connectivity index (χ0) is 15.5. The molecule has 0 atom stereocenters. The molecule has 0 aliphatic carbocycles. The van der Waals surface area contributed by atoms with Crippen LogP contribution in [0.4, 0.5) is 0 Å². The van der Waals surface area contributed by atoms with E-state index in [0.29, 0.717) is 23.5 Å². The molecule has 1 N–H and O–H groups in total. The van der Waals surface area contributed by atoms with Crippen LogP contribution >= 0.6 is 11.3 Å². The highest BCUT2D eigenvalue weighted by molar-refractivity contribution is 7.91. The Morgan fingerprint density at radius 3 is 2.35 bits per heavy atom. The normalized spacial score (nSPS) is 11.8. The van der Waals surface area contributed by atoms with Crippen LogP contribution in [0.2, 0.25) is 0 Å². The molecule has 0 saturated heterocycles. The molecule has 114 valence electrons. The highest BCUT2D eigenvalue weighted by Gasteiger charge is 2.30. The summed E-state index contributed by atoms with van der Waals surface area (Å²) in [4.78, 5) is 26.4. The number of sulfonamides is 1. The van der Waals surface area contributed by atoms with E-state index in [9.17, 15) is 18.0 Å². The Hall–Kier alpha value is -1.19. The van der Waals surface area contributed by atoms with Gasteiger partial charge in [0.25, 0.3) is 10.0 Å². The van der Waals surface area contributed by atoms with Gasteiger partial charge in [0, 0.05) is 26.3 Å². The molecule has 7 nitrogen and oxygen atoms in total. The summed E-state index contributed by atoms with van der Waals surface area (Å²) in [5.74, 6) is -0.303. The number of rotatable bonds is 6. The molecule has 0 aliphatic heterocycles. The van der Waals surface area contributed by atoms with Crippen LogP contribution in [0.5, 0.6) is 0 Å². The van der Waals surface area contributed by atoms with E-state index in [4.69, 9.17) is 0 Å². The number of hydrogen-bond acceptors (Lipinski definition) is 5. The van der Waals surface area contributed by atoms with Crippen LogP contribution in [0.15, 0.2) is 9.00 Å². The lowest BCUT2D eigenvalue weighted by molar-refractivity contribution is -0.128. The van der Waals surface area contributed by atoms with Crippen molar-refractivity contribution in [3.05, 3.63) is 15.4 Å². The topological polar surface area (TPSA) is 90.6 Å². The number of carbonyl (C=O) groups is 1. The molecular formula is C11H19N3O4S2. The predicted molar refractivity (Wildman–Crippen MR) is 77.4 cm³/mol. The summed E-state index contributed by atoms with van der Waals surface area (Å²) in [6, 6.07) is 0. The average Bonchev–Trinajstić information content (AvgIpc) is 2.68. The first-order valence-electron chi connectivity index (χ1n) is 6.10. The Bertz CT molecular complexity index is 630. The van der Waals surface area contributed by atoms with E-state index in [1.807, 2.05) is 6.92 Å². The number of likely N-dealkylation sites (N-methyl/N-ethyl adjacent to an activating group) is 1. The van der Waals surface area contributed by atoms with Crippen molar-refractivity contribution in [2.75, 3.05) is 27.2 Å². The minimum Gasteiger partial charge on any atom is -0.348 e. The third kappa shape index (κ3) is 3.68. The highest BCUT2D eigenvalue weighted by Crippen LogP contribution is 2.21. The Balaban J connectivity index is 3.16. The minimum absolute atomic E-state index is 0.0255. The maximum Gasteiger partial charge on any atom is 0.305 e. The van der Waals surface area contributed by atoms with E-state index < -0.39 is 14.9 Å². The van der Waals surface area contributed by atoms with Crippen molar-refractivity contribution in [2.45, 2.75) is 24.5 Å². The molecule has 1 aromatic rings. The van der Waals surface area contributed by atoms with Gasteiger partial charge in [-0.2, -0.15) is 4.31 Å². The van der Waals surface area contributed by atoms with Gasteiger partial charge in [-0.25, -0.2) is 8.42 Å². The molecule has 0 spiro atoms. The van der Waals surface area contributed by atoms with Crippen molar-refractivity contribution in [1.29, 1.82) is 0 Å². The second-order valence-corrected chi connectivity index (χ2v) is 7.67. The zero-order valence-electron chi connectivity index (χ0n) is 12.0. The third-order valence-corrected chi connectivity index (χ3v) is 6.07. The number of aryl methyl sites for hydroxylation is 1. The number of aromatic nitrogens is 1. The van der Waals surface area contributed by atoms with Gasteiger partial charge in [0.1, 0.15) is 0 Å². The number of aromatic amines is 1. The average molecular weight is 321 g/mol. The van der Waals surface area contributed by atoms with Gasteiger partial charge in [-0.3, -0.25) is 9.59 Å². The highest BCUT2D eigenvalue weighted by atomic mass is 32.2. The van der Waals surface area contributed by atoms with Crippen LogP contribution < -0.4 is 4.87 Å². The van der Waals surface area contributed by atoms with Crippen LogP contribution in [-0.2, 0) is 14.8 Å². The summed E-state index contributed by atoms with van der Waals surface area (Å²) in [6.07, 6.45) is 0.582. The van der Waals surface area contributed by atoms with Gasteiger partial charge in [0.15, 0.2) is 4.21 Å². The van der Waals surface area contributed by atoms with Crippen LogP contribution in [-0.4, -0.2) is 55.7 Å². The first-order chi connectivity index (χ1) is 9.20. The molecule has 1 heterocycles. The van der Waals surface area contributed by atoms with Gasteiger partial charge >= 0.3 is 4.87 Å². The number of amides is 1. The molecule has 0 radical (unpaired) electrons. The van der Waals surface area contributed by atoms with E-state index in [1.165, 1.54) is 11.8 Å². The Morgan fingerprint density at radius 1 is 1.35 bits per heavy atom. The Morgan fingerprint density at radius 2 is 1.95 bits per heavy atom. The molecule has 1 rings (SSSR count). The number of hydrogen-bond donors (Lipinski definition) is 1. The van der Waals surface area contributed by atoms with Gasteiger partial charge in [-0.15, -0.1) is 0 Å². The van der Waals surface area contributed by atoms with Crippen molar-refractivity contribution in [3.8, 4) is 0 Å².